The maximum Gasteiger partial charge on any atom is 0.324 e. The van der Waals surface area contributed by atoms with Crippen LogP contribution in [0.1, 0.15) is 43.0 Å². The zero-order valence-corrected chi connectivity index (χ0v) is 11.9. The predicted octanol–water partition coefficient (Wildman–Crippen LogP) is 3.28. The first-order chi connectivity index (χ1) is 8.60. The molecule has 2 heterocycles. The van der Waals surface area contributed by atoms with Crippen molar-refractivity contribution in [2.24, 2.45) is 0 Å². The average molecular weight is 267 g/mol. The van der Waals surface area contributed by atoms with Gasteiger partial charge < -0.3 is 5.11 Å². The van der Waals surface area contributed by atoms with Crippen LogP contribution in [0.25, 0.3) is 0 Å². The summed E-state index contributed by atoms with van der Waals surface area (Å²) in [5.74, 6) is -0.643. The van der Waals surface area contributed by atoms with Gasteiger partial charge in [0.15, 0.2) is 0 Å². The lowest BCUT2D eigenvalue weighted by atomic mass is 9.90. The SMILES string of the molecule is CCCC1(C(=O)O)CCCN1Cc1sccc1C. The molecule has 100 valence electrons. The van der Waals surface area contributed by atoms with Gasteiger partial charge in [-0.05, 0) is 49.7 Å². The van der Waals surface area contributed by atoms with Gasteiger partial charge in [-0.1, -0.05) is 13.3 Å². The molecule has 1 fully saturated rings. The van der Waals surface area contributed by atoms with Crippen molar-refractivity contribution < 1.29 is 9.90 Å². The highest BCUT2D eigenvalue weighted by Gasteiger charge is 2.46. The number of carboxylic acid groups (broad SMARTS) is 1. The van der Waals surface area contributed by atoms with Crippen LogP contribution in [0.4, 0.5) is 0 Å². The Labute approximate surface area is 112 Å². The second kappa shape index (κ2) is 5.41. The van der Waals surface area contributed by atoms with Gasteiger partial charge in [0.1, 0.15) is 5.54 Å². The lowest BCUT2D eigenvalue weighted by Crippen LogP contribution is -2.49. The van der Waals surface area contributed by atoms with Crippen molar-refractivity contribution in [2.75, 3.05) is 6.54 Å². The normalized spacial score (nSPS) is 24.6. The van der Waals surface area contributed by atoms with E-state index in [1.54, 1.807) is 11.3 Å². The zero-order valence-electron chi connectivity index (χ0n) is 11.1. The molecule has 1 unspecified atom stereocenters. The van der Waals surface area contributed by atoms with Crippen molar-refractivity contribution in [1.29, 1.82) is 0 Å². The fourth-order valence-corrected chi connectivity index (χ4v) is 3.87. The summed E-state index contributed by atoms with van der Waals surface area (Å²) in [7, 11) is 0. The van der Waals surface area contributed by atoms with Crippen LogP contribution < -0.4 is 0 Å². The fraction of sp³-hybridized carbons (Fsp3) is 0.643. The maximum absolute atomic E-state index is 11.7. The quantitative estimate of drug-likeness (QED) is 0.890. The Bertz CT molecular complexity index is 429. The number of carboxylic acids is 1. The molecule has 1 saturated heterocycles. The van der Waals surface area contributed by atoms with Crippen molar-refractivity contribution in [1.82, 2.24) is 4.90 Å². The Morgan fingerprint density at radius 3 is 2.94 bits per heavy atom. The summed E-state index contributed by atoms with van der Waals surface area (Å²) < 4.78 is 0. The van der Waals surface area contributed by atoms with Gasteiger partial charge in [-0.15, -0.1) is 11.3 Å². The highest BCUT2D eigenvalue weighted by molar-refractivity contribution is 7.10. The largest absolute Gasteiger partial charge is 0.480 e. The highest BCUT2D eigenvalue weighted by atomic mass is 32.1. The second-order valence-corrected chi connectivity index (χ2v) is 6.14. The van der Waals surface area contributed by atoms with Crippen LogP contribution in [0.3, 0.4) is 0 Å². The lowest BCUT2D eigenvalue weighted by molar-refractivity contribution is -0.150. The molecule has 18 heavy (non-hydrogen) atoms. The number of aliphatic carboxylic acids is 1. The number of rotatable bonds is 5. The molecule has 0 radical (unpaired) electrons. The van der Waals surface area contributed by atoms with Crippen molar-refractivity contribution >= 4 is 17.3 Å². The average Bonchev–Trinajstić information content (AvgIpc) is 2.89. The lowest BCUT2D eigenvalue weighted by Gasteiger charge is -2.34. The molecule has 1 aromatic heterocycles. The van der Waals surface area contributed by atoms with E-state index in [1.165, 1.54) is 10.4 Å². The Morgan fingerprint density at radius 2 is 2.39 bits per heavy atom. The van der Waals surface area contributed by atoms with Gasteiger partial charge in [-0.25, -0.2) is 0 Å². The number of thiophene rings is 1. The minimum absolute atomic E-state index is 0.620. The second-order valence-electron chi connectivity index (χ2n) is 5.14. The van der Waals surface area contributed by atoms with E-state index in [9.17, 15) is 9.90 Å². The topological polar surface area (TPSA) is 40.5 Å². The molecule has 0 saturated carbocycles. The molecule has 4 heteroatoms. The summed E-state index contributed by atoms with van der Waals surface area (Å²) in [6.07, 6.45) is 3.47. The Hall–Kier alpha value is -0.870. The van der Waals surface area contributed by atoms with E-state index in [-0.39, 0.29) is 0 Å². The number of hydrogen-bond donors (Lipinski definition) is 1. The molecule has 0 spiro atoms. The number of carbonyl (C=O) groups is 1. The van der Waals surface area contributed by atoms with Crippen LogP contribution in [0.5, 0.6) is 0 Å². The van der Waals surface area contributed by atoms with E-state index in [0.29, 0.717) is 0 Å². The van der Waals surface area contributed by atoms with Crippen LogP contribution in [0.2, 0.25) is 0 Å². The molecule has 1 aliphatic heterocycles. The van der Waals surface area contributed by atoms with Crippen LogP contribution in [-0.2, 0) is 11.3 Å². The highest BCUT2D eigenvalue weighted by Crippen LogP contribution is 2.36. The number of nitrogens with zero attached hydrogens (tertiary/aromatic N) is 1. The van der Waals surface area contributed by atoms with E-state index in [4.69, 9.17) is 0 Å². The Morgan fingerprint density at radius 1 is 1.61 bits per heavy atom. The minimum atomic E-state index is -0.643. The smallest absolute Gasteiger partial charge is 0.324 e. The molecule has 1 aromatic rings. The molecule has 0 amide bonds. The Kier molecular flexibility index (Phi) is 4.07. The number of hydrogen-bond acceptors (Lipinski definition) is 3. The first-order valence-electron chi connectivity index (χ1n) is 6.61. The van der Waals surface area contributed by atoms with Gasteiger partial charge in [0.25, 0.3) is 0 Å². The maximum atomic E-state index is 11.7. The monoisotopic (exact) mass is 267 g/mol. The van der Waals surface area contributed by atoms with E-state index >= 15 is 0 Å². The molecular weight excluding hydrogens is 246 g/mol. The fourth-order valence-electron chi connectivity index (χ4n) is 2.95. The molecule has 1 aliphatic rings. The van der Waals surface area contributed by atoms with Crippen molar-refractivity contribution in [3.8, 4) is 0 Å². The molecule has 2 rings (SSSR count). The molecule has 0 aliphatic carbocycles. The van der Waals surface area contributed by atoms with E-state index in [2.05, 4.69) is 30.2 Å². The van der Waals surface area contributed by atoms with Crippen LogP contribution >= 0.6 is 11.3 Å². The van der Waals surface area contributed by atoms with E-state index in [0.717, 1.165) is 38.8 Å². The summed E-state index contributed by atoms with van der Waals surface area (Å²) >= 11 is 1.73. The molecule has 3 nitrogen and oxygen atoms in total. The van der Waals surface area contributed by atoms with Gasteiger partial charge >= 0.3 is 5.97 Å². The van der Waals surface area contributed by atoms with Crippen molar-refractivity contribution in [3.63, 3.8) is 0 Å². The summed E-state index contributed by atoms with van der Waals surface area (Å²) in [6, 6.07) is 2.11. The minimum Gasteiger partial charge on any atom is -0.480 e. The number of aryl methyl sites for hydroxylation is 1. The van der Waals surface area contributed by atoms with E-state index in [1.807, 2.05) is 0 Å². The van der Waals surface area contributed by atoms with Crippen LogP contribution in [0.15, 0.2) is 11.4 Å². The molecule has 1 atom stereocenters. The van der Waals surface area contributed by atoms with Gasteiger partial charge in [0.2, 0.25) is 0 Å². The molecule has 0 bridgehead atoms. The predicted molar refractivity (Wildman–Crippen MR) is 74.0 cm³/mol. The van der Waals surface area contributed by atoms with Gasteiger partial charge in [0.05, 0.1) is 0 Å². The third kappa shape index (κ3) is 2.31. The molecule has 1 N–H and O–H groups in total. The van der Waals surface area contributed by atoms with Crippen molar-refractivity contribution in [3.05, 3.63) is 21.9 Å². The number of likely N-dealkylation sites (tertiary alicyclic amines) is 1. The molecule has 0 aromatic carbocycles. The van der Waals surface area contributed by atoms with Crippen LogP contribution in [0, 0.1) is 6.92 Å². The summed E-state index contributed by atoms with van der Waals surface area (Å²) in [6.45, 7) is 5.86. The van der Waals surface area contributed by atoms with Gasteiger partial charge in [0, 0.05) is 11.4 Å². The standard InChI is InChI=1S/C14H21NO2S/c1-3-6-14(13(16)17)7-4-8-15(14)10-12-11(2)5-9-18-12/h5,9H,3-4,6-8,10H2,1-2H3,(H,16,17). The third-order valence-electron chi connectivity index (χ3n) is 3.99. The summed E-state index contributed by atoms with van der Waals surface area (Å²) in [5.41, 5.74) is 0.660. The zero-order chi connectivity index (χ0) is 13.2. The van der Waals surface area contributed by atoms with E-state index < -0.39 is 11.5 Å². The summed E-state index contributed by atoms with van der Waals surface area (Å²) in [5, 5.41) is 11.7. The first kappa shape index (κ1) is 13.6. The van der Waals surface area contributed by atoms with Gasteiger partial charge in [-0.3, -0.25) is 9.69 Å². The van der Waals surface area contributed by atoms with Crippen molar-refractivity contribution in [2.45, 2.75) is 51.6 Å². The Balaban J connectivity index is 2.20. The van der Waals surface area contributed by atoms with Gasteiger partial charge in [-0.2, -0.15) is 0 Å². The third-order valence-corrected chi connectivity index (χ3v) is 5.00. The van der Waals surface area contributed by atoms with Crippen LogP contribution in [-0.4, -0.2) is 28.1 Å². The molecular formula is C14H21NO2S. The first-order valence-corrected chi connectivity index (χ1v) is 7.49. The summed E-state index contributed by atoms with van der Waals surface area (Å²) in [4.78, 5) is 15.2.